The van der Waals surface area contributed by atoms with Gasteiger partial charge in [0, 0.05) is 32.3 Å². The lowest BCUT2D eigenvalue weighted by Gasteiger charge is -2.23. The SMILES string of the molecule is C[C@H](C[C@@H]1CCCO1)NC(=O)N1CC[C@@H](CN(C)C)C1. The van der Waals surface area contributed by atoms with Crippen LogP contribution in [0.1, 0.15) is 32.6 Å². The highest BCUT2D eigenvalue weighted by molar-refractivity contribution is 5.74. The van der Waals surface area contributed by atoms with Gasteiger partial charge in [0.05, 0.1) is 6.10 Å². The van der Waals surface area contributed by atoms with Gasteiger partial charge in [-0.1, -0.05) is 0 Å². The maximum absolute atomic E-state index is 12.2. The Hall–Kier alpha value is -0.810. The van der Waals surface area contributed by atoms with Crippen molar-refractivity contribution in [2.24, 2.45) is 5.92 Å². The molecule has 116 valence electrons. The molecule has 0 aromatic heterocycles. The predicted molar refractivity (Wildman–Crippen MR) is 79.8 cm³/mol. The zero-order valence-corrected chi connectivity index (χ0v) is 13.1. The monoisotopic (exact) mass is 283 g/mol. The van der Waals surface area contributed by atoms with Crippen molar-refractivity contribution in [3.8, 4) is 0 Å². The van der Waals surface area contributed by atoms with Crippen LogP contribution in [0.15, 0.2) is 0 Å². The summed E-state index contributed by atoms with van der Waals surface area (Å²) in [5.74, 6) is 0.615. The molecular weight excluding hydrogens is 254 g/mol. The second-order valence-corrected chi connectivity index (χ2v) is 6.58. The minimum Gasteiger partial charge on any atom is -0.378 e. The van der Waals surface area contributed by atoms with Crippen molar-refractivity contribution in [1.29, 1.82) is 0 Å². The van der Waals surface area contributed by atoms with Crippen LogP contribution in [-0.2, 0) is 4.74 Å². The molecule has 2 fully saturated rings. The highest BCUT2D eigenvalue weighted by atomic mass is 16.5. The number of hydrogen-bond donors (Lipinski definition) is 1. The molecule has 0 spiro atoms. The fourth-order valence-corrected chi connectivity index (χ4v) is 3.27. The first-order valence-electron chi connectivity index (χ1n) is 7.86. The molecule has 2 saturated heterocycles. The van der Waals surface area contributed by atoms with Gasteiger partial charge in [-0.2, -0.15) is 0 Å². The summed E-state index contributed by atoms with van der Waals surface area (Å²) in [5.41, 5.74) is 0. The number of ether oxygens (including phenoxy) is 1. The summed E-state index contributed by atoms with van der Waals surface area (Å²) in [4.78, 5) is 16.4. The molecule has 2 amide bonds. The minimum atomic E-state index is 0.0942. The maximum Gasteiger partial charge on any atom is 0.317 e. The fourth-order valence-electron chi connectivity index (χ4n) is 3.27. The summed E-state index contributed by atoms with van der Waals surface area (Å²) in [6.45, 7) is 5.79. The summed E-state index contributed by atoms with van der Waals surface area (Å²) in [7, 11) is 4.18. The van der Waals surface area contributed by atoms with Crippen molar-refractivity contribution in [3.63, 3.8) is 0 Å². The Morgan fingerprint density at radius 3 is 2.90 bits per heavy atom. The van der Waals surface area contributed by atoms with Gasteiger partial charge < -0.3 is 19.9 Å². The third kappa shape index (κ3) is 4.63. The van der Waals surface area contributed by atoms with Crippen LogP contribution in [0.3, 0.4) is 0 Å². The van der Waals surface area contributed by atoms with Crippen LogP contribution in [0.2, 0.25) is 0 Å². The summed E-state index contributed by atoms with van der Waals surface area (Å²) in [5, 5.41) is 3.12. The van der Waals surface area contributed by atoms with Crippen molar-refractivity contribution in [2.45, 2.75) is 44.8 Å². The average molecular weight is 283 g/mol. The summed E-state index contributed by atoms with van der Waals surface area (Å²) in [6.07, 6.45) is 4.68. The highest BCUT2D eigenvalue weighted by Gasteiger charge is 2.27. The van der Waals surface area contributed by atoms with Gasteiger partial charge in [-0.3, -0.25) is 0 Å². The number of carbonyl (C=O) groups excluding carboxylic acids is 1. The van der Waals surface area contributed by atoms with E-state index in [1.165, 1.54) is 0 Å². The number of hydrogen-bond acceptors (Lipinski definition) is 3. The number of rotatable bonds is 5. The van der Waals surface area contributed by atoms with E-state index in [1.54, 1.807) is 0 Å². The smallest absolute Gasteiger partial charge is 0.317 e. The van der Waals surface area contributed by atoms with E-state index in [9.17, 15) is 4.79 Å². The summed E-state index contributed by atoms with van der Waals surface area (Å²) in [6, 6.07) is 0.287. The van der Waals surface area contributed by atoms with Crippen molar-refractivity contribution >= 4 is 6.03 Å². The van der Waals surface area contributed by atoms with E-state index in [0.29, 0.717) is 12.0 Å². The molecule has 0 aromatic carbocycles. The third-order valence-electron chi connectivity index (χ3n) is 4.21. The molecule has 5 heteroatoms. The van der Waals surface area contributed by atoms with Gasteiger partial charge in [-0.25, -0.2) is 4.79 Å². The van der Waals surface area contributed by atoms with Crippen LogP contribution in [0, 0.1) is 5.92 Å². The number of urea groups is 1. The normalized spacial score (nSPS) is 28.1. The number of nitrogens with one attached hydrogen (secondary N) is 1. The molecule has 0 aromatic rings. The zero-order chi connectivity index (χ0) is 14.5. The van der Waals surface area contributed by atoms with Crippen LogP contribution < -0.4 is 5.32 Å². The van der Waals surface area contributed by atoms with Crippen LogP contribution in [0.4, 0.5) is 4.79 Å². The Labute approximate surface area is 122 Å². The number of likely N-dealkylation sites (tertiary alicyclic amines) is 1. The molecule has 3 atom stereocenters. The number of nitrogens with zero attached hydrogens (tertiary/aromatic N) is 2. The van der Waals surface area contributed by atoms with Crippen LogP contribution in [0.25, 0.3) is 0 Å². The molecule has 0 aliphatic carbocycles. The first kappa shape index (κ1) is 15.6. The average Bonchev–Trinajstić information content (AvgIpc) is 2.99. The first-order chi connectivity index (χ1) is 9.54. The Kier molecular flexibility index (Phi) is 5.66. The van der Waals surface area contributed by atoms with Gasteiger partial charge in [0.25, 0.3) is 0 Å². The van der Waals surface area contributed by atoms with Crippen molar-refractivity contribution < 1.29 is 9.53 Å². The Morgan fingerprint density at radius 1 is 1.45 bits per heavy atom. The van der Waals surface area contributed by atoms with Crippen molar-refractivity contribution in [1.82, 2.24) is 15.1 Å². The second-order valence-electron chi connectivity index (χ2n) is 6.58. The molecule has 2 aliphatic heterocycles. The first-order valence-corrected chi connectivity index (χ1v) is 7.86. The van der Waals surface area contributed by atoms with E-state index in [4.69, 9.17) is 4.74 Å². The maximum atomic E-state index is 12.2. The molecule has 0 saturated carbocycles. The van der Waals surface area contributed by atoms with Gasteiger partial charge in [0.2, 0.25) is 0 Å². The Morgan fingerprint density at radius 2 is 2.25 bits per heavy atom. The topological polar surface area (TPSA) is 44.8 Å². The largest absolute Gasteiger partial charge is 0.378 e. The molecule has 0 radical (unpaired) electrons. The van der Waals surface area contributed by atoms with Crippen LogP contribution in [0.5, 0.6) is 0 Å². The molecular formula is C15H29N3O2. The number of amides is 2. The van der Waals surface area contributed by atoms with Gasteiger partial charge in [-0.15, -0.1) is 0 Å². The fraction of sp³-hybridized carbons (Fsp3) is 0.933. The van der Waals surface area contributed by atoms with Gasteiger partial charge in [-0.05, 0) is 52.6 Å². The van der Waals surface area contributed by atoms with Crippen molar-refractivity contribution in [2.75, 3.05) is 40.3 Å². The lowest BCUT2D eigenvalue weighted by atomic mass is 10.1. The predicted octanol–water partition coefficient (Wildman–Crippen LogP) is 1.54. The molecule has 0 unspecified atom stereocenters. The Bertz CT molecular complexity index is 316. The molecule has 0 bridgehead atoms. The van der Waals surface area contributed by atoms with E-state index in [1.807, 2.05) is 4.90 Å². The summed E-state index contributed by atoms with van der Waals surface area (Å²) < 4.78 is 5.62. The van der Waals surface area contributed by atoms with Crippen molar-refractivity contribution in [3.05, 3.63) is 0 Å². The van der Waals surface area contributed by atoms with E-state index < -0.39 is 0 Å². The second kappa shape index (κ2) is 7.27. The number of carbonyl (C=O) groups is 1. The Balaban J connectivity index is 1.69. The van der Waals surface area contributed by atoms with E-state index >= 15 is 0 Å². The molecule has 2 rings (SSSR count). The molecule has 5 nitrogen and oxygen atoms in total. The van der Waals surface area contributed by atoms with Gasteiger partial charge in [0.15, 0.2) is 0 Å². The summed E-state index contributed by atoms with van der Waals surface area (Å²) >= 11 is 0. The minimum absolute atomic E-state index is 0.0942. The van der Waals surface area contributed by atoms with Crippen LogP contribution >= 0.6 is 0 Å². The highest BCUT2D eigenvalue weighted by Crippen LogP contribution is 2.19. The van der Waals surface area contributed by atoms with Gasteiger partial charge in [0.1, 0.15) is 0 Å². The lowest BCUT2D eigenvalue weighted by molar-refractivity contribution is 0.0963. The van der Waals surface area contributed by atoms with Crippen LogP contribution in [-0.4, -0.2) is 68.3 Å². The van der Waals surface area contributed by atoms with E-state index in [-0.39, 0.29) is 12.1 Å². The standard InChI is InChI=1S/C15H29N3O2/c1-12(9-14-5-4-8-20-14)16-15(19)18-7-6-13(11-18)10-17(2)3/h12-14H,4-11H2,1-3H3,(H,16,19)/t12-,13+,14+/m1/s1. The third-order valence-corrected chi connectivity index (χ3v) is 4.21. The van der Waals surface area contributed by atoms with Gasteiger partial charge >= 0.3 is 6.03 Å². The zero-order valence-electron chi connectivity index (χ0n) is 13.1. The lowest BCUT2D eigenvalue weighted by Crippen LogP contribution is -2.44. The molecule has 1 N–H and O–H groups in total. The van der Waals surface area contributed by atoms with E-state index in [0.717, 1.165) is 51.9 Å². The molecule has 2 heterocycles. The molecule has 20 heavy (non-hydrogen) atoms. The van der Waals surface area contributed by atoms with E-state index in [2.05, 4.69) is 31.2 Å². The molecule has 2 aliphatic rings. The quantitative estimate of drug-likeness (QED) is 0.832.